The van der Waals surface area contributed by atoms with Gasteiger partial charge in [0.05, 0.1) is 0 Å². The number of aryl methyl sites for hydroxylation is 2. The SMILES string of the molecule is Cc1cc(C2(CN)CC2)c(C)cc1F. The van der Waals surface area contributed by atoms with Crippen LogP contribution >= 0.6 is 0 Å². The maximum Gasteiger partial charge on any atom is 0.126 e. The number of benzene rings is 1. The Balaban J connectivity index is 2.49. The van der Waals surface area contributed by atoms with Gasteiger partial charge in [-0.1, -0.05) is 6.07 Å². The molecular weight excluding hydrogens is 177 g/mol. The van der Waals surface area contributed by atoms with Gasteiger partial charge >= 0.3 is 0 Å². The van der Waals surface area contributed by atoms with E-state index in [1.165, 1.54) is 5.56 Å². The topological polar surface area (TPSA) is 26.0 Å². The Hall–Kier alpha value is -0.890. The zero-order valence-electron chi connectivity index (χ0n) is 8.73. The van der Waals surface area contributed by atoms with Crippen LogP contribution in [0.25, 0.3) is 0 Å². The molecule has 76 valence electrons. The molecule has 0 radical (unpaired) electrons. The van der Waals surface area contributed by atoms with Crippen LogP contribution in [0.4, 0.5) is 4.39 Å². The van der Waals surface area contributed by atoms with Crippen molar-refractivity contribution >= 4 is 0 Å². The molecule has 2 heteroatoms. The van der Waals surface area contributed by atoms with E-state index in [1.807, 2.05) is 19.9 Å². The minimum absolute atomic E-state index is 0.112. The van der Waals surface area contributed by atoms with Crippen molar-refractivity contribution in [3.05, 3.63) is 34.6 Å². The Morgan fingerprint density at radius 3 is 2.43 bits per heavy atom. The lowest BCUT2D eigenvalue weighted by atomic mass is 9.90. The van der Waals surface area contributed by atoms with E-state index in [1.54, 1.807) is 6.07 Å². The second kappa shape index (κ2) is 3.06. The molecule has 0 heterocycles. The molecule has 1 fully saturated rings. The first kappa shape index (κ1) is 9.66. The molecule has 0 bridgehead atoms. The van der Waals surface area contributed by atoms with Crippen molar-refractivity contribution in [2.45, 2.75) is 32.1 Å². The molecule has 1 aromatic carbocycles. The normalized spacial score (nSPS) is 18.3. The molecule has 1 aliphatic rings. The lowest BCUT2D eigenvalue weighted by Crippen LogP contribution is -2.21. The highest BCUT2D eigenvalue weighted by molar-refractivity contribution is 5.41. The second-order valence-electron chi connectivity index (χ2n) is 4.40. The minimum atomic E-state index is -0.112. The fourth-order valence-corrected chi connectivity index (χ4v) is 2.09. The summed E-state index contributed by atoms with van der Waals surface area (Å²) in [5, 5.41) is 0. The van der Waals surface area contributed by atoms with Crippen molar-refractivity contribution in [1.29, 1.82) is 0 Å². The molecule has 2 rings (SSSR count). The van der Waals surface area contributed by atoms with Gasteiger partial charge < -0.3 is 5.73 Å². The predicted molar refractivity (Wildman–Crippen MR) is 55.8 cm³/mol. The van der Waals surface area contributed by atoms with Gasteiger partial charge in [-0.2, -0.15) is 0 Å². The average Bonchev–Trinajstić information content (AvgIpc) is 2.92. The molecule has 14 heavy (non-hydrogen) atoms. The Kier molecular flexibility index (Phi) is 2.11. The van der Waals surface area contributed by atoms with E-state index in [0.717, 1.165) is 24.0 Å². The first-order valence-electron chi connectivity index (χ1n) is 5.06. The highest BCUT2D eigenvalue weighted by atomic mass is 19.1. The van der Waals surface area contributed by atoms with Gasteiger partial charge in [-0.05, 0) is 49.4 Å². The van der Waals surface area contributed by atoms with E-state index in [9.17, 15) is 4.39 Å². The molecule has 0 unspecified atom stereocenters. The summed E-state index contributed by atoms with van der Waals surface area (Å²) in [5.74, 6) is -0.112. The average molecular weight is 193 g/mol. The number of hydrogen-bond acceptors (Lipinski definition) is 1. The molecule has 0 aliphatic heterocycles. The maximum atomic E-state index is 13.2. The monoisotopic (exact) mass is 193 g/mol. The van der Waals surface area contributed by atoms with E-state index in [0.29, 0.717) is 6.54 Å². The van der Waals surface area contributed by atoms with Crippen LogP contribution in [-0.4, -0.2) is 6.54 Å². The third-order valence-electron chi connectivity index (χ3n) is 3.32. The van der Waals surface area contributed by atoms with E-state index in [4.69, 9.17) is 5.73 Å². The van der Waals surface area contributed by atoms with Crippen LogP contribution in [-0.2, 0) is 5.41 Å². The molecule has 0 atom stereocenters. The Morgan fingerprint density at radius 1 is 1.29 bits per heavy atom. The van der Waals surface area contributed by atoms with Gasteiger partial charge in [-0.15, -0.1) is 0 Å². The third-order valence-corrected chi connectivity index (χ3v) is 3.32. The van der Waals surface area contributed by atoms with E-state index in [2.05, 4.69) is 0 Å². The zero-order chi connectivity index (χ0) is 10.3. The van der Waals surface area contributed by atoms with Crippen molar-refractivity contribution in [2.75, 3.05) is 6.54 Å². The molecule has 1 nitrogen and oxygen atoms in total. The molecule has 1 saturated carbocycles. The summed E-state index contributed by atoms with van der Waals surface area (Å²) >= 11 is 0. The van der Waals surface area contributed by atoms with Crippen LogP contribution in [0.2, 0.25) is 0 Å². The molecule has 0 spiro atoms. The van der Waals surface area contributed by atoms with Crippen LogP contribution in [0.1, 0.15) is 29.5 Å². The highest BCUT2D eigenvalue weighted by Gasteiger charge is 2.43. The fourth-order valence-electron chi connectivity index (χ4n) is 2.09. The lowest BCUT2D eigenvalue weighted by Gasteiger charge is -2.17. The summed E-state index contributed by atoms with van der Waals surface area (Å²) in [6.07, 6.45) is 2.30. The van der Waals surface area contributed by atoms with E-state index >= 15 is 0 Å². The number of hydrogen-bond donors (Lipinski definition) is 1. The van der Waals surface area contributed by atoms with E-state index in [-0.39, 0.29) is 11.2 Å². The predicted octanol–water partition coefficient (Wildman–Crippen LogP) is 2.43. The summed E-state index contributed by atoms with van der Waals surface area (Å²) in [7, 11) is 0. The zero-order valence-corrected chi connectivity index (χ0v) is 8.73. The summed E-state index contributed by atoms with van der Waals surface area (Å²) in [4.78, 5) is 0. The van der Waals surface area contributed by atoms with Gasteiger partial charge in [0.25, 0.3) is 0 Å². The maximum absolute atomic E-state index is 13.2. The van der Waals surface area contributed by atoms with Crippen molar-refractivity contribution in [1.82, 2.24) is 0 Å². The Bertz CT molecular complexity index is 367. The molecular formula is C12H16FN. The number of nitrogens with two attached hydrogens (primary N) is 1. The quantitative estimate of drug-likeness (QED) is 0.767. The first-order valence-corrected chi connectivity index (χ1v) is 5.06. The van der Waals surface area contributed by atoms with Crippen LogP contribution in [0.5, 0.6) is 0 Å². The summed E-state index contributed by atoms with van der Waals surface area (Å²) in [5.41, 5.74) is 8.95. The van der Waals surface area contributed by atoms with Gasteiger partial charge in [0, 0.05) is 12.0 Å². The van der Waals surface area contributed by atoms with Crippen molar-refractivity contribution in [3.8, 4) is 0 Å². The van der Waals surface area contributed by atoms with Gasteiger partial charge in [0.15, 0.2) is 0 Å². The third kappa shape index (κ3) is 1.34. The molecule has 0 aromatic heterocycles. The van der Waals surface area contributed by atoms with Crippen LogP contribution in [0, 0.1) is 19.7 Å². The van der Waals surface area contributed by atoms with Gasteiger partial charge in [0.2, 0.25) is 0 Å². The van der Waals surface area contributed by atoms with Crippen LogP contribution in [0.15, 0.2) is 12.1 Å². The Labute approximate surface area is 84.1 Å². The fraction of sp³-hybridized carbons (Fsp3) is 0.500. The van der Waals surface area contributed by atoms with Crippen LogP contribution in [0.3, 0.4) is 0 Å². The largest absolute Gasteiger partial charge is 0.330 e. The minimum Gasteiger partial charge on any atom is -0.330 e. The Morgan fingerprint density at radius 2 is 1.93 bits per heavy atom. The summed E-state index contributed by atoms with van der Waals surface area (Å²) < 4.78 is 13.2. The lowest BCUT2D eigenvalue weighted by molar-refractivity contribution is 0.611. The summed E-state index contributed by atoms with van der Waals surface area (Å²) in [6.45, 7) is 4.46. The highest BCUT2D eigenvalue weighted by Crippen LogP contribution is 2.48. The second-order valence-corrected chi connectivity index (χ2v) is 4.40. The first-order chi connectivity index (χ1) is 6.59. The number of rotatable bonds is 2. The standard InChI is InChI=1S/C12H16FN/c1-8-6-11(13)9(2)5-10(8)12(7-14)3-4-12/h5-6H,3-4,7,14H2,1-2H3. The van der Waals surface area contributed by atoms with E-state index < -0.39 is 0 Å². The number of halogens is 1. The van der Waals surface area contributed by atoms with Crippen molar-refractivity contribution in [2.24, 2.45) is 5.73 Å². The molecule has 1 aliphatic carbocycles. The van der Waals surface area contributed by atoms with Gasteiger partial charge in [-0.25, -0.2) is 4.39 Å². The van der Waals surface area contributed by atoms with Crippen molar-refractivity contribution in [3.63, 3.8) is 0 Å². The van der Waals surface area contributed by atoms with Gasteiger partial charge in [0.1, 0.15) is 5.82 Å². The molecule has 0 saturated heterocycles. The smallest absolute Gasteiger partial charge is 0.126 e. The molecule has 1 aromatic rings. The van der Waals surface area contributed by atoms with Gasteiger partial charge in [-0.3, -0.25) is 0 Å². The summed E-state index contributed by atoms with van der Waals surface area (Å²) in [6, 6.07) is 3.59. The van der Waals surface area contributed by atoms with Crippen molar-refractivity contribution < 1.29 is 4.39 Å². The molecule has 2 N–H and O–H groups in total. The molecule has 0 amide bonds. The van der Waals surface area contributed by atoms with Crippen LogP contribution < -0.4 is 5.73 Å².